The Balaban J connectivity index is 1.40. The maximum Gasteiger partial charge on any atom is 0.0571 e. The maximum absolute atomic E-state index is 5.51. The summed E-state index contributed by atoms with van der Waals surface area (Å²) in [4.78, 5) is 0. The number of rotatable bonds is 4. The predicted octanol–water partition coefficient (Wildman–Crippen LogP) is 7.32. The highest BCUT2D eigenvalue weighted by Gasteiger charge is 2.22. The Morgan fingerprint density at radius 3 is 1.41 bits per heavy atom. The van der Waals surface area contributed by atoms with Gasteiger partial charge in [-0.3, -0.25) is 0 Å². The van der Waals surface area contributed by atoms with Crippen LogP contribution in [0.2, 0.25) is 0 Å². The smallest absolute Gasteiger partial charge is 0.0571 e. The van der Waals surface area contributed by atoms with Crippen LogP contribution in [0, 0.1) is 5.92 Å². The molecule has 0 saturated heterocycles. The number of hydrogen-bond donors (Lipinski definition) is 0. The lowest BCUT2D eigenvalue weighted by Crippen LogP contribution is -2.19. The van der Waals surface area contributed by atoms with E-state index in [9.17, 15) is 0 Å². The molecule has 2 aliphatic rings. The average Bonchev–Trinajstić information content (AvgIpc) is 2.75. The minimum Gasteiger partial charge on any atom is -0.381 e. The fourth-order valence-electron chi connectivity index (χ4n) is 5.12. The highest BCUT2D eigenvalue weighted by Crippen LogP contribution is 2.37. The zero-order valence-corrected chi connectivity index (χ0v) is 17.0. The number of methoxy groups -OCH3 is 1. The lowest BCUT2D eigenvalue weighted by Gasteiger charge is -2.28. The Morgan fingerprint density at radius 2 is 1.00 bits per heavy atom. The molecule has 0 aromatic heterocycles. The molecule has 0 amide bonds. The van der Waals surface area contributed by atoms with Gasteiger partial charge in [-0.15, -0.1) is 0 Å². The highest BCUT2D eigenvalue weighted by atomic mass is 16.5. The minimum atomic E-state index is 0.478. The van der Waals surface area contributed by atoms with Crippen molar-refractivity contribution >= 4 is 0 Å². The molecule has 27 heavy (non-hydrogen) atoms. The third-order valence-corrected chi connectivity index (χ3v) is 7.12. The first-order valence-electron chi connectivity index (χ1n) is 11.0. The Bertz CT molecular complexity index is 699. The van der Waals surface area contributed by atoms with Gasteiger partial charge in [0.2, 0.25) is 0 Å². The molecular formula is C26H34O. The number of hydrogen-bond acceptors (Lipinski definition) is 1. The van der Waals surface area contributed by atoms with Crippen molar-refractivity contribution in [3.05, 3.63) is 59.7 Å². The molecule has 2 aromatic carbocycles. The fourth-order valence-corrected chi connectivity index (χ4v) is 5.12. The summed E-state index contributed by atoms with van der Waals surface area (Å²) in [5.41, 5.74) is 5.73. The van der Waals surface area contributed by atoms with Gasteiger partial charge in [-0.25, -0.2) is 0 Å². The van der Waals surface area contributed by atoms with Crippen LogP contribution >= 0.6 is 0 Å². The first-order chi connectivity index (χ1) is 13.2. The van der Waals surface area contributed by atoms with Crippen LogP contribution in [0.5, 0.6) is 0 Å². The van der Waals surface area contributed by atoms with Crippen LogP contribution in [-0.2, 0) is 4.74 Å². The molecule has 0 bridgehead atoms. The van der Waals surface area contributed by atoms with Crippen molar-refractivity contribution in [3.63, 3.8) is 0 Å². The number of ether oxygens (including phenoxy) is 1. The molecule has 1 nitrogen and oxygen atoms in total. The van der Waals surface area contributed by atoms with Crippen molar-refractivity contribution in [3.8, 4) is 11.1 Å². The topological polar surface area (TPSA) is 9.23 Å². The van der Waals surface area contributed by atoms with Crippen molar-refractivity contribution in [1.29, 1.82) is 0 Å². The standard InChI is InChI=1S/C26H34O/c1-19-3-5-20(6-4-19)21-7-9-22(10-8-21)23-11-13-24(14-12-23)25-15-17-26(27-2)18-16-25/h7-14,19-20,25-26H,3-6,15-18H2,1-2H3. The zero-order valence-electron chi connectivity index (χ0n) is 17.0. The Hall–Kier alpha value is -1.60. The minimum absolute atomic E-state index is 0.478. The highest BCUT2D eigenvalue weighted by molar-refractivity contribution is 5.64. The quantitative estimate of drug-likeness (QED) is 0.553. The monoisotopic (exact) mass is 362 g/mol. The Labute approximate surface area is 165 Å². The van der Waals surface area contributed by atoms with E-state index in [1.165, 1.54) is 73.6 Å². The number of benzene rings is 2. The van der Waals surface area contributed by atoms with Crippen molar-refractivity contribution in [2.24, 2.45) is 5.92 Å². The van der Waals surface area contributed by atoms with E-state index in [-0.39, 0.29) is 0 Å². The van der Waals surface area contributed by atoms with E-state index in [1.807, 2.05) is 7.11 Å². The van der Waals surface area contributed by atoms with E-state index < -0.39 is 0 Å². The maximum atomic E-state index is 5.51. The van der Waals surface area contributed by atoms with Gasteiger partial charge in [-0.1, -0.05) is 68.3 Å². The van der Waals surface area contributed by atoms with E-state index in [0.717, 1.165) is 11.8 Å². The second-order valence-electron chi connectivity index (χ2n) is 8.91. The summed E-state index contributed by atoms with van der Waals surface area (Å²) in [5.74, 6) is 2.41. The Kier molecular flexibility index (Phi) is 5.98. The van der Waals surface area contributed by atoms with E-state index in [4.69, 9.17) is 4.74 Å². The van der Waals surface area contributed by atoms with Gasteiger partial charge in [0.25, 0.3) is 0 Å². The van der Waals surface area contributed by atoms with Crippen molar-refractivity contribution in [2.75, 3.05) is 7.11 Å². The van der Waals surface area contributed by atoms with Crippen molar-refractivity contribution < 1.29 is 4.74 Å². The molecule has 2 aliphatic carbocycles. The molecule has 0 aliphatic heterocycles. The third kappa shape index (κ3) is 4.46. The summed E-state index contributed by atoms with van der Waals surface area (Å²) in [6.45, 7) is 2.40. The van der Waals surface area contributed by atoms with Crippen molar-refractivity contribution in [1.82, 2.24) is 0 Å². The van der Waals surface area contributed by atoms with E-state index in [2.05, 4.69) is 55.5 Å². The summed E-state index contributed by atoms with van der Waals surface area (Å²) in [6, 6.07) is 18.7. The van der Waals surface area contributed by atoms with Crippen LogP contribution in [0.15, 0.2) is 48.5 Å². The molecule has 2 fully saturated rings. The molecule has 2 saturated carbocycles. The van der Waals surface area contributed by atoms with Gasteiger partial charge in [-0.05, 0) is 78.5 Å². The summed E-state index contributed by atoms with van der Waals surface area (Å²) < 4.78 is 5.51. The summed E-state index contributed by atoms with van der Waals surface area (Å²) >= 11 is 0. The molecule has 0 N–H and O–H groups in total. The third-order valence-electron chi connectivity index (χ3n) is 7.12. The first kappa shape index (κ1) is 18.7. The molecule has 0 atom stereocenters. The van der Waals surface area contributed by atoms with Gasteiger partial charge in [0.1, 0.15) is 0 Å². The molecule has 4 rings (SSSR count). The normalized spacial score (nSPS) is 28.8. The van der Waals surface area contributed by atoms with Crippen LogP contribution in [0.25, 0.3) is 11.1 Å². The van der Waals surface area contributed by atoms with Crippen LogP contribution in [0.3, 0.4) is 0 Å². The molecular weight excluding hydrogens is 328 g/mol. The first-order valence-corrected chi connectivity index (χ1v) is 11.0. The van der Waals surface area contributed by atoms with E-state index in [0.29, 0.717) is 12.0 Å². The molecule has 0 radical (unpaired) electrons. The lowest BCUT2D eigenvalue weighted by molar-refractivity contribution is 0.0659. The Morgan fingerprint density at radius 1 is 0.593 bits per heavy atom. The molecule has 144 valence electrons. The van der Waals surface area contributed by atoms with Gasteiger partial charge in [0, 0.05) is 7.11 Å². The van der Waals surface area contributed by atoms with Gasteiger partial charge < -0.3 is 4.74 Å². The van der Waals surface area contributed by atoms with E-state index in [1.54, 1.807) is 0 Å². The molecule has 2 aromatic rings. The zero-order chi connectivity index (χ0) is 18.6. The second-order valence-corrected chi connectivity index (χ2v) is 8.91. The summed E-state index contributed by atoms with van der Waals surface area (Å²) in [5, 5.41) is 0. The second kappa shape index (κ2) is 8.61. The molecule has 0 unspecified atom stereocenters. The predicted molar refractivity (Wildman–Crippen MR) is 114 cm³/mol. The fraction of sp³-hybridized carbons (Fsp3) is 0.538. The van der Waals surface area contributed by atoms with Gasteiger partial charge in [-0.2, -0.15) is 0 Å². The van der Waals surface area contributed by atoms with Crippen LogP contribution < -0.4 is 0 Å². The summed E-state index contributed by atoms with van der Waals surface area (Å²) in [6.07, 6.45) is 10.9. The van der Waals surface area contributed by atoms with Crippen LogP contribution in [-0.4, -0.2) is 13.2 Å². The van der Waals surface area contributed by atoms with Crippen LogP contribution in [0.1, 0.15) is 81.3 Å². The average molecular weight is 363 g/mol. The molecule has 0 heterocycles. The molecule has 0 spiro atoms. The van der Waals surface area contributed by atoms with Gasteiger partial charge >= 0.3 is 0 Å². The SMILES string of the molecule is COC1CCC(c2ccc(-c3ccc(C4CCC(C)CC4)cc3)cc2)CC1. The van der Waals surface area contributed by atoms with Crippen molar-refractivity contribution in [2.45, 2.75) is 76.2 Å². The van der Waals surface area contributed by atoms with Gasteiger partial charge in [0.15, 0.2) is 0 Å². The summed E-state index contributed by atoms with van der Waals surface area (Å²) in [7, 11) is 1.85. The lowest BCUT2D eigenvalue weighted by atomic mass is 9.79. The largest absolute Gasteiger partial charge is 0.381 e. The van der Waals surface area contributed by atoms with Crippen LogP contribution in [0.4, 0.5) is 0 Å². The molecule has 1 heteroatoms. The van der Waals surface area contributed by atoms with E-state index >= 15 is 0 Å². The van der Waals surface area contributed by atoms with Gasteiger partial charge in [0.05, 0.1) is 6.10 Å².